The molecule has 0 heterocycles. The molecule has 21 heavy (non-hydrogen) atoms. The van der Waals surface area contributed by atoms with E-state index in [2.05, 4.69) is 10.1 Å². The molecule has 2 aromatic carbocycles. The Morgan fingerprint density at radius 2 is 1.71 bits per heavy atom. The van der Waals surface area contributed by atoms with E-state index < -0.39 is 0 Å². The van der Waals surface area contributed by atoms with Gasteiger partial charge in [-0.2, -0.15) is 0 Å². The maximum absolute atomic E-state index is 11.3. The molecule has 0 radical (unpaired) electrons. The largest absolute Gasteiger partial charge is 0.494 e. The average molecular weight is 285 g/mol. The van der Waals surface area contributed by atoms with E-state index in [1.165, 1.54) is 7.11 Å². The minimum absolute atomic E-state index is 0.318. The molecule has 4 heteroatoms. The number of carbonyl (C=O) groups excluding carboxylic acids is 1. The first-order valence-corrected chi connectivity index (χ1v) is 6.87. The molecule has 0 saturated carbocycles. The van der Waals surface area contributed by atoms with Crippen molar-refractivity contribution in [1.29, 1.82) is 0 Å². The van der Waals surface area contributed by atoms with Crippen LogP contribution in [0.4, 0.5) is 5.69 Å². The molecule has 0 amide bonds. The standard InChI is InChI=1S/C17H19NO3/c1-3-21-16-10-8-15(9-11-16)18-12-13-4-6-14(7-5-13)17(19)20-2/h4-11,18H,3,12H2,1-2H3. The van der Waals surface area contributed by atoms with E-state index in [1.54, 1.807) is 12.1 Å². The summed E-state index contributed by atoms with van der Waals surface area (Å²) in [6, 6.07) is 15.2. The van der Waals surface area contributed by atoms with E-state index in [0.29, 0.717) is 18.7 Å². The average Bonchev–Trinajstić information content (AvgIpc) is 2.54. The number of ether oxygens (including phenoxy) is 2. The SMILES string of the molecule is CCOc1ccc(NCc2ccc(C(=O)OC)cc2)cc1. The van der Waals surface area contributed by atoms with Crippen LogP contribution >= 0.6 is 0 Å². The molecular weight excluding hydrogens is 266 g/mol. The zero-order valence-electron chi connectivity index (χ0n) is 12.3. The molecule has 1 N–H and O–H groups in total. The van der Waals surface area contributed by atoms with Gasteiger partial charge < -0.3 is 14.8 Å². The topological polar surface area (TPSA) is 47.6 Å². The van der Waals surface area contributed by atoms with E-state index in [4.69, 9.17) is 4.74 Å². The van der Waals surface area contributed by atoms with Gasteiger partial charge in [-0.1, -0.05) is 12.1 Å². The molecule has 0 aliphatic carbocycles. The van der Waals surface area contributed by atoms with E-state index in [1.807, 2.05) is 43.3 Å². The van der Waals surface area contributed by atoms with E-state index in [0.717, 1.165) is 17.0 Å². The van der Waals surface area contributed by atoms with Gasteiger partial charge >= 0.3 is 5.97 Å². The first kappa shape index (κ1) is 14.9. The van der Waals surface area contributed by atoms with Crippen molar-refractivity contribution in [3.8, 4) is 5.75 Å². The summed E-state index contributed by atoms with van der Waals surface area (Å²) >= 11 is 0. The van der Waals surface area contributed by atoms with Crippen molar-refractivity contribution in [2.45, 2.75) is 13.5 Å². The van der Waals surface area contributed by atoms with E-state index >= 15 is 0 Å². The van der Waals surface area contributed by atoms with Crippen LogP contribution in [0.3, 0.4) is 0 Å². The molecule has 0 unspecified atom stereocenters. The van der Waals surface area contributed by atoms with Crippen molar-refractivity contribution in [2.24, 2.45) is 0 Å². The molecule has 110 valence electrons. The first-order chi connectivity index (χ1) is 10.2. The number of esters is 1. The van der Waals surface area contributed by atoms with Gasteiger partial charge in [-0.15, -0.1) is 0 Å². The van der Waals surface area contributed by atoms with Gasteiger partial charge in [0, 0.05) is 12.2 Å². The first-order valence-electron chi connectivity index (χ1n) is 6.87. The number of hydrogen-bond acceptors (Lipinski definition) is 4. The molecular formula is C17H19NO3. The summed E-state index contributed by atoms with van der Waals surface area (Å²) in [7, 11) is 1.38. The number of nitrogens with one attached hydrogen (secondary N) is 1. The molecule has 0 atom stereocenters. The van der Waals surface area contributed by atoms with Crippen molar-refractivity contribution in [1.82, 2.24) is 0 Å². The fourth-order valence-electron chi connectivity index (χ4n) is 1.92. The van der Waals surface area contributed by atoms with Crippen LogP contribution in [0.15, 0.2) is 48.5 Å². The van der Waals surface area contributed by atoms with Crippen LogP contribution in [0.2, 0.25) is 0 Å². The predicted octanol–water partition coefficient (Wildman–Crippen LogP) is 3.48. The lowest BCUT2D eigenvalue weighted by atomic mass is 10.1. The van der Waals surface area contributed by atoms with Crippen molar-refractivity contribution in [3.63, 3.8) is 0 Å². The van der Waals surface area contributed by atoms with Gasteiger partial charge in [0.25, 0.3) is 0 Å². The van der Waals surface area contributed by atoms with E-state index in [-0.39, 0.29) is 5.97 Å². The molecule has 0 fully saturated rings. The Morgan fingerprint density at radius 3 is 2.29 bits per heavy atom. The lowest BCUT2D eigenvalue weighted by Crippen LogP contribution is -2.03. The summed E-state index contributed by atoms with van der Waals surface area (Å²) < 4.78 is 10.1. The number of anilines is 1. The fourth-order valence-corrected chi connectivity index (χ4v) is 1.92. The van der Waals surface area contributed by atoms with Crippen LogP contribution in [-0.2, 0) is 11.3 Å². The lowest BCUT2D eigenvalue weighted by Gasteiger charge is -2.08. The zero-order chi connectivity index (χ0) is 15.1. The van der Waals surface area contributed by atoms with Crippen LogP contribution in [0.5, 0.6) is 5.75 Å². The maximum atomic E-state index is 11.3. The molecule has 0 spiro atoms. The quantitative estimate of drug-likeness (QED) is 0.825. The third kappa shape index (κ3) is 4.24. The molecule has 2 aromatic rings. The predicted molar refractivity (Wildman–Crippen MR) is 82.7 cm³/mol. The second-order valence-corrected chi connectivity index (χ2v) is 4.50. The highest BCUT2D eigenvalue weighted by Gasteiger charge is 2.04. The van der Waals surface area contributed by atoms with Crippen LogP contribution in [0.25, 0.3) is 0 Å². The Morgan fingerprint density at radius 1 is 1.05 bits per heavy atom. The Labute approximate surface area is 124 Å². The highest BCUT2D eigenvalue weighted by Crippen LogP contribution is 2.16. The molecule has 4 nitrogen and oxygen atoms in total. The third-order valence-corrected chi connectivity index (χ3v) is 3.04. The van der Waals surface area contributed by atoms with Crippen LogP contribution in [0.1, 0.15) is 22.8 Å². The lowest BCUT2D eigenvalue weighted by molar-refractivity contribution is 0.0600. The summed E-state index contributed by atoms with van der Waals surface area (Å²) in [5.74, 6) is 0.548. The number of methoxy groups -OCH3 is 1. The van der Waals surface area contributed by atoms with Crippen LogP contribution in [0, 0.1) is 0 Å². The van der Waals surface area contributed by atoms with Crippen molar-refractivity contribution in [2.75, 3.05) is 19.0 Å². The molecule has 0 aromatic heterocycles. The monoisotopic (exact) mass is 285 g/mol. The van der Waals surface area contributed by atoms with Gasteiger partial charge in [0.05, 0.1) is 19.3 Å². The molecule has 0 saturated heterocycles. The van der Waals surface area contributed by atoms with Gasteiger partial charge in [0.2, 0.25) is 0 Å². The second-order valence-electron chi connectivity index (χ2n) is 4.50. The smallest absolute Gasteiger partial charge is 0.337 e. The molecule has 2 rings (SSSR count). The van der Waals surface area contributed by atoms with Gasteiger partial charge in [-0.05, 0) is 48.9 Å². The summed E-state index contributed by atoms with van der Waals surface area (Å²) in [5, 5.41) is 3.32. The van der Waals surface area contributed by atoms with Gasteiger partial charge in [-0.25, -0.2) is 4.79 Å². The van der Waals surface area contributed by atoms with Gasteiger partial charge in [-0.3, -0.25) is 0 Å². The number of rotatable bonds is 6. The summed E-state index contributed by atoms with van der Waals surface area (Å²) in [5.41, 5.74) is 2.68. The zero-order valence-corrected chi connectivity index (χ0v) is 12.3. The van der Waals surface area contributed by atoms with Crippen LogP contribution in [-0.4, -0.2) is 19.7 Å². The highest BCUT2D eigenvalue weighted by molar-refractivity contribution is 5.89. The number of benzene rings is 2. The summed E-state index contributed by atoms with van der Waals surface area (Å²) in [4.78, 5) is 11.3. The Kier molecular flexibility index (Phi) is 5.21. The van der Waals surface area contributed by atoms with Crippen molar-refractivity contribution in [3.05, 3.63) is 59.7 Å². The van der Waals surface area contributed by atoms with E-state index in [9.17, 15) is 4.79 Å². The minimum atomic E-state index is -0.318. The molecule has 0 aliphatic rings. The number of hydrogen-bond donors (Lipinski definition) is 1. The van der Waals surface area contributed by atoms with Crippen molar-refractivity contribution >= 4 is 11.7 Å². The molecule has 0 aliphatic heterocycles. The Bertz CT molecular complexity index is 576. The highest BCUT2D eigenvalue weighted by atomic mass is 16.5. The van der Waals surface area contributed by atoms with Crippen molar-refractivity contribution < 1.29 is 14.3 Å². The Hall–Kier alpha value is -2.49. The minimum Gasteiger partial charge on any atom is -0.494 e. The Balaban J connectivity index is 1.91. The third-order valence-electron chi connectivity index (χ3n) is 3.04. The fraction of sp³-hybridized carbons (Fsp3) is 0.235. The van der Waals surface area contributed by atoms with Gasteiger partial charge in [0.1, 0.15) is 5.75 Å². The summed E-state index contributed by atoms with van der Waals surface area (Å²) in [6.45, 7) is 3.32. The summed E-state index contributed by atoms with van der Waals surface area (Å²) in [6.07, 6.45) is 0. The normalized spacial score (nSPS) is 10.0. The van der Waals surface area contributed by atoms with Crippen LogP contribution < -0.4 is 10.1 Å². The van der Waals surface area contributed by atoms with Gasteiger partial charge in [0.15, 0.2) is 0 Å². The maximum Gasteiger partial charge on any atom is 0.337 e. The molecule has 0 bridgehead atoms. The second kappa shape index (κ2) is 7.33. The number of carbonyl (C=O) groups is 1.